The second-order valence-corrected chi connectivity index (χ2v) is 5.73. The summed E-state index contributed by atoms with van der Waals surface area (Å²) in [6.07, 6.45) is 0.262. The summed E-state index contributed by atoms with van der Waals surface area (Å²) in [5.41, 5.74) is 0.866. The second-order valence-electron chi connectivity index (χ2n) is 5.73. The van der Waals surface area contributed by atoms with Gasteiger partial charge in [-0.1, -0.05) is 42.3 Å². The van der Waals surface area contributed by atoms with Gasteiger partial charge in [0.25, 0.3) is 0 Å². The van der Waals surface area contributed by atoms with Crippen LogP contribution in [0.5, 0.6) is 0 Å². The fourth-order valence-electron chi connectivity index (χ4n) is 3.54. The Bertz CT molecular complexity index is 478. The molecule has 0 spiro atoms. The van der Waals surface area contributed by atoms with Gasteiger partial charge < -0.3 is 12.9 Å². The van der Waals surface area contributed by atoms with Gasteiger partial charge in [-0.2, -0.15) is 0 Å². The van der Waals surface area contributed by atoms with Crippen LogP contribution in [0.2, 0.25) is 5.31 Å². The van der Waals surface area contributed by atoms with Crippen LogP contribution in [0.3, 0.4) is 0 Å². The molecular weight excluding hydrogens is 270 g/mol. The molecule has 0 unspecified atom stereocenters. The first kappa shape index (κ1) is 15.0. The predicted molar refractivity (Wildman–Crippen MR) is 58.4 cm³/mol. The molecule has 0 radical (unpaired) electrons. The number of rotatable bonds is 2. The molecule has 0 aromatic heterocycles. The molecule has 0 heterocycles. The van der Waals surface area contributed by atoms with Gasteiger partial charge in [0.1, 0.15) is 5.82 Å². The van der Waals surface area contributed by atoms with Crippen LogP contribution in [0.1, 0.15) is 30.4 Å². The smallest absolute Gasteiger partial charge is 0.449 e. The molecule has 3 fully saturated rings. The zero-order chi connectivity index (χ0) is 12.5. The van der Waals surface area contributed by atoms with Crippen molar-refractivity contribution in [3.8, 4) is 0 Å². The Labute approximate surface area is 146 Å². The number of aryl methyl sites for hydroxylation is 1. The molecule has 2 bridgehead atoms. The molecule has 1 aromatic rings. The summed E-state index contributed by atoms with van der Waals surface area (Å²) in [5.74, 6) is -0.362. The van der Waals surface area contributed by atoms with Gasteiger partial charge in [-0.15, -0.1) is 0 Å². The zero-order valence-corrected chi connectivity index (χ0v) is 13.6. The van der Waals surface area contributed by atoms with E-state index in [-0.39, 0.29) is 76.5 Å². The van der Waals surface area contributed by atoms with Crippen LogP contribution in [0.4, 0.5) is 17.3 Å². The molecular formula is C12H12BF4K. The molecule has 0 nitrogen and oxygen atoms in total. The zero-order valence-electron chi connectivity index (χ0n) is 10.4. The van der Waals surface area contributed by atoms with E-state index in [2.05, 4.69) is 0 Å². The summed E-state index contributed by atoms with van der Waals surface area (Å²) in [5, 5.41) is -1.45. The molecule has 1 aromatic carbocycles. The van der Waals surface area contributed by atoms with Crippen molar-refractivity contribution in [2.45, 2.75) is 36.9 Å². The van der Waals surface area contributed by atoms with Crippen LogP contribution in [0, 0.1) is 12.7 Å². The Morgan fingerprint density at radius 3 is 2.17 bits per heavy atom. The van der Waals surface area contributed by atoms with E-state index in [0.29, 0.717) is 5.56 Å². The van der Waals surface area contributed by atoms with Gasteiger partial charge in [-0.3, -0.25) is 0 Å². The van der Waals surface area contributed by atoms with Gasteiger partial charge in [-0.05, 0) is 24.0 Å². The molecule has 4 rings (SSSR count). The van der Waals surface area contributed by atoms with Gasteiger partial charge in [0.05, 0.1) is 0 Å². The maximum atomic E-state index is 13.7. The minimum atomic E-state index is -4.78. The summed E-state index contributed by atoms with van der Waals surface area (Å²) in [4.78, 5) is 0. The van der Waals surface area contributed by atoms with Crippen molar-refractivity contribution in [2.75, 3.05) is 0 Å². The van der Waals surface area contributed by atoms with E-state index < -0.39 is 17.7 Å². The van der Waals surface area contributed by atoms with Crippen molar-refractivity contribution in [1.29, 1.82) is 0 Å². The Kier molecular flexibility index (Phi) is 3.61. The van der Waals surface area contributed by atoms with Gasteiger partial charge in [-0.25, -0.2) is 4.39 Å². The van der Waals surface area contributed by atoms with Crippen molar-refractivity contribution in [3.05, 3.63) is 35.1 Å². The number of halogens is 4. The molecule has 92 valence electrons. The summed E-state index contributed by atoms with van der Waals surface area (Å²) < 4.78 is 51.9. The molecule has 0 N–H and O–H groups in total. The quantitative estimate of drug-likeness (QED) is 0.564. The van der Waals surface area contributed by atoms with Crippen LogP contribution >= 0.6 is 0 Å². The summed E-state index contributed by atoms with van der Waals surface area (Å²) in [7, 11) is 0. The predicted octanol–water partition coefficient (Wildman–Crippen LogP) is 1.16. The topological polar surface area (TPSA) is 0 Å². The van der Waals surface area contributed by atoms with E-state index >= 15 is 0 Å². The number of hydrogen-bond donors (Lipinski definition) is 0. The third-order valence-electron chi connectivity index (χ3n) is 4.46. The fourth-order valence-corrected chi connectivity index (χ4v) is 3.54. The molecule has 0 aliphatic heterocycles. The Morgan fingerprint density at radius 2 is 1.67 bits per heavy atom. The first-order valence-electron chi connectivity index (χ1n) is 5.74. The van der Waals surface area contributed by atoms with E-state index in [9.17, 15) is 17.3 Å². The van der Waals surface area contributed by atoms with Crippen LogP contribution in [-0.4, -0.2) is 6.98 Å². The van der Waals surface area contributed by atoms with Gasteiger partial charge in [0.15, 0.2) is 0 Å². The first-order chi connectivity index (χ1) is 7.78. The molecule has 0 atom stereocenters. The van der Waals surface area contributed by atoms with Crippen LogP contribution in [0.15, 0.2) is 18.2 Å². The normalized spacial score (nSPS) is 33.2. The number of hydrogen-bond acceptors (Lipinski definition) is 0. The van der Waals surface area contributed by atoms with Gasteiger partial charge in [0, 0.05) is 0 Å². The fraction of sp³-hybridized carbons (Fsp3) is 0.500. The Hall–Kier alpha value is 0.641. The molecule has 0 saturated heterocycles. The van der Waals surface area contributed by atoms with E-state index in [1.165, 1.54) is 6.07 Å². The Balaban J connectivity index is 0.00000120. The largest absolute Gasteiger partial charge is 1.00 e. The van der Waals surface area contributed by atoms with Gasteiger partial charge >= 0.3 is 58.4 Å². The third-order valence-corrected chi connectivity index (χ3v) is 4.46. The molecule has 3 saturated carbocycles. The van der Waals surface area contributed by atoms with Crippen LogP contribution < -0.4 is 51.4 Å². The van der Waals surface area contributed by atoms with Crippen LogP contribution in [-0.2, 0) is 5.41 Å². The molecule has 0 amide bonds. The maximum Gasteiger partial charge on any atom is 1.00 e. The molecule has 3 aliphatic carbocycles. The van der Waals surface area contributed by atoms with E-state index in [0.717, 1.165) is 5.56 Å². The van der Waals surface area contributed by atoms with Crippen molar-refractivity contribution in [2.24, 2.45) is 0 Å². The van der Waals surface area contributed by atoms with Crippen molar-refractivity contribution in [3.63, 3.8) is 0 Å². The van der Waals surface area contributed by atoms with E-state index in [1.54, 1.807) is 12.1 Å². The molecule has 18 heavy (non-hydrogen) atoms. The average molecular weight is 282 g/mol. The SMILES string of the molecule is Cc1ccc(F)c(C23CC([B-](F)(F)F)(C2)C3)c1.[K+]. The van der Waals surface area contributed by atoms with E-state index in [1.807, 2.05) is 6.92 Å². The summed E-state index contributed by atoms with van der Waals surface area (Å²) in [6, 6.07) is 4.70. The minimum absolute atomic E-state index is 0. The standard InChI is InChI=1S/C12H12BF4.K/c1-8-2-3-10(14)9(4-8)11-5-12(6-11,7-11)13(15,16)17;/h2-4H,5-7H2,1H3;/q-1;+1. The first-order valence-corrected chi connectivity index (χ1v) is 5.74. The van der Waals surface area contributed by atoms with Crippen molar-refractivity contribution < 1.29 is 68.7 Å². The van der Waals surface area contributed by atoms with Crippen molar-refractivity contribution in [1.82, 2.24) is 0 Å². The maximum absolute atomic E-state index is 13.7. The Morgan fingerprint density at radius 1 is 1.11 bits per heavy atom. The van der Waals surface area contributed by atoms with Crippen molar-refractivity contribution >= 4 is 6.98 Å². The van der Waals surface area contributed by atoms with Crippen LogP contribution in [0.25, 0.3) is 0 Å². The summed E-state index contributed by atoms with van der Waals surface area (Å²) in [6.45, 7) is -2.94. The number of benzene rings is 1. The molecule has 3 aliphatic rings. The third kappa shape index (κ3) is 1.87. The second kappa shape index (κ2) is 4.32. The van der Waals surface area contributed by atoms with Gasteiger partial charge in [0.2, 0.25) is 0 Å². The summed E-state index contributed by atoms with van der Waals surface area (Å²) >= 11 is 0. The minimum Gasteiger partial charge on any atom is -0.449 e. The average Bonchev–Trinajstić information content (AvgIpc) is 2.03. The monoisotopic (exact) mass is 282 g/mol. The molecule has 6 heteroatoms. The van der Waals surface area contributed by atoms with E-state index in [4.69, 9.17) is 0 Å².